The highest BCUT2D eigenvalue weighted by molar-refractivity contribution is 5.79. The number of aromatic amines is 1. The van der Waals surface area contributed by atoms with Gasteiger partial charge in [0.25, 0.3) is 5.56 Å². The largest absolute Gasteiger partial charge is 0.376 e. The fraction of sp³-hybridized carbons (Fsp3) is 0.630. The van der Waals surface area contributed by atoms with Gasteiger partial charge in [-0.15, -0.1) is 5.10 Å². The summed E-state index contributed by atoms with van der Waals surface area (Å²) < 4.78 is 7.83. The number of H-pyrrole nitrogens is 1. The number of benzene rings is 1. The normalized spacial score (nSPS) is 20.3. The van der Waals surface area contributed by atoms with Crippen LogP contribution in [-0.4, -0.2) is 48.8 Å². The molecule has 188 valence electrons. The maximum absolute atomic E-state index is 13.2. The van der Waals surface area contributed by atoms with Crippen LogP contribution in [0.5, 0.6) is 0 Å². The zero-order valence-electron chi connectivity index (χ0n) is 21.2. The predicted octanol–water partition coefficient (Wildman–Crippen LogP) is 4.53. The minimum absolute atomic E-state index is 0.0105. The number of rotatable bonds is 8. The topological polar surface area (TPSA) is 88.9 Å². The third kappa shape index (κ3) is 5.33. The highest BCUT2D eigenvalue weighted by Crippen LogP contribution is 2.35. The number of pyridine rings is 1. The Bertz CT molecular complexity index is 1190. The van der Waals surface area contributed by atoms with E-state index in [1.165, 1.54) is 24.8 Å². The van der Waals surface area contributed by atoms with Crippen molar-refractivity contribution in [2.24, 2.45) is 5.92 Å². The van der Waals surface area contributed by atoms with Gasteiger partial charge in [-0.25, -0.2) is 4.68 Å². The Morgan fingerprint density at radius 2 is 1.97 bits per heavy atom. The monoisotopic (exact) mass is 478 g/mol. The maximum atomic E-state index is 13.2. The van der Waals surface area contributed by atoms with Gasteiger partial charge in [-0.1, -0.05) is 44.7 Å². The average molecular weight is 479 g/mol. The Morgan fingerprint density at radius 3 is 2.71 bits per heavy atom. The third-order valence-corrected chi connectivity index (χ3v) is 7.69. The van der Waals surface area contributed by atoms with Gasteiger partial charge >= 0.3 is 0 Å². The second-order valence-corrected chi connectivity index (χ2v) is 10.7. The van der Waals surface area contributed by atoms with Gasteiger partial charge in [0.05, 0.1) is 18.7 Å². The van der Waals surface area contributed by atoms with Crippen molar-refractivity contribution in [2.75, 3.05) is 6.61 Å². The molecule has 5 rings (SSSR count). The predicted molar refractivity (Wildman–Crippen MR) is 136 cm³/mol. The van der Waals surface area contributed by atoms with Crippen molar-refractivity contribution in [3.63, 3.8) is 0 Å². The van der Waals surface area contributed by atoms with Crippen LogP contribution in [0.1, 0.15) is 81.8 Å². The molecule has 1 N–H and O–H groups in total. The standard InChI is InChI=1S/C27H38N6O2/c1-18(2)25(26-29-30-31-33(26)17-23-10-7-13-35-23)32(22-8-5-4-6-9-22)16-21-15-20-14-19(3)11-12-24(20)28-27(21)34/h11-12,14-15,18,22-23,25H,4-10,13,16-17H2,1-3H3,(H,28,34). The van der Waals surface area contributed by atoms with Crippen LogP contribution in [0.2, 0.25) is 0 Å². The van der Waals surface area contributed by atoms with Crippen LogP contribution in [0.25, 0.3) is 10.9 Å². The molecular weight excluding hydrogens is 440 g/mol. The summed E-state index contributed by atoms with van der Waals surface area (Å²) in [5, 5.41) is 14.1. The van der Waals surface area contributed by atoms with Crippen LogP contribution in [0.3, 0.4) is 0 Å². The number of tetrazole rings is 1. The molecule has 8 heteroatoms. The summed E-state index contributed by atoms with van der Waals surface area (Å²) >= 11 is 0. The Balaban J connectivity index is 1.52. The van der Waals surface area contributed by atoms with Crippen LogP contribution in [0, 0.1) is 12.8 Å². The highest BCUT2D eigenvalue weighted by Gasteiger charge is 2.35. The van der Waals surface area contributed by atoms with Crippen LogP contribution in [-0.2, 0) is 17.8 Å². The molecule has 3 aromatic rings. The van der Waals surface area contributed by atoms with Gasteiger partial charge < -0.3 is 9.72 Å². The number of aromatic nitrogens is 5. The molecule has 0 bridgehead atoms. The molecule has 0 amide bonds. The quantitative estimate of drug-likeness (QED) is 0.512. The molecule has 35 heavy (non-hydrogen) atoms. The second kappa shape index (κ2) is 10.6. The summed E-state index contributed by atoms with van der Waals surface area (Å²) in [5.74, 6) is 1.17. The SMILES string of the molecule is Cc1ccc2[nH]c(=O)c(CN(C3CCCCC3)C(c3nnnn3CC3CCCO3)C(C)C)cc2c1. The molecule has 1 saturated heterocycles. The van der Waals surface area contributed by atoms with Gasteiger partial charge in [0.1, 0.15) is 0 Å². The lowest BCUT2D eigenvalue weighted by molar-refractivity contribution is 0.0553. The molecule has 2 fully saturated rings. The van der Waals surface area contributed by atoms with Crippen molar-refractivity contribution in [1.82, 2.24) is 30.1 Å². The molecule has 2 atom stereocenters. The van der Waals surface area contributed by atoms with Gasteiger partial charge in [-0.2, -0.15) is 0 Å². The number of hydrogen-bond acceptors (Lipinski definition) is 6. The van der Waals surface area contributed by atoms with Gasteiger partial charge in [0.2, 0.25) is 0 Å². The minimum Gasteiger partial charge on any atom is -0.376 e. The first-order valence-electron chi connectivity index (χ1n) is 13.3. The van der Waals surface area contributed by atoms with E-state index in [4.69, 9.17) is 4.74 Å². The summed E-state index contributed by atoms with van der Waals surface area (Å²) in [5.41, 5.74) is 2.86. The Labute approximate surface area is 207 Å². The van der Waals surface area contributed by atoms with Gasteiger partial charge in [0, 0.05) is 30.3 Å². The van der Waals surface area contributed by atoms with E-state index < -0.39 is 0 Å². The van der Waals surface area contributed by atoms with Crippen molar-refractivity contribution in [3.05, 3.63) is 51.6 Å². The van der Waals surface area contributed by atoms with Crippen molar-refractivity contribution in [1.29, 1.82) is 0 Å². The highest BCUT2D eigenvalue weighted by atomic mass is 16.5. The van der Waals surface area contributed by atoms with E-state index in [1.807, 2.05) is 16.8 Å². The summed E-state index contributed by atoms with van der Waals surface area (Å²) in [6, 6.07) is 8.66. The first-order chi connectivity index (χ1) is 17.0. The van der Waals surface area contributed by atoms with E-state index in [0.717, 1.165) is 54.6 Å². The van der Waals surface area contributed by atoms with Gasteiger partial charge in [0.15, 0.2) is 5.82 Å². The lowest BCUT2D eigenvalue weighted by Crippen LogP contribution is -2.43. The smallest absolute Gasteiger partial charge is 0.252 e. The van der Waals surface area contributed by atoms with Gasteiger partial charge in [-0.3, -0.25) is 9.69 Å². The average Bonchev–Trinajstić information content (AvgIpc) is 3.52. The number of aryl methyl sites for hydroxylation is 1. The Kier molecular flexibility index (Phi) is 7.29. The molecule has 0 radical (unpaired) electrons. The summed E-state index contributed by atoms with van der Waals surface area (Å²) in [6.45, 7) is 8.63. The van der Waals surface area contributed by atoms with Crippen LogP contribution < -0.4 is 5.56 Å². The minimum atomic E-state index is -0.0105. The molecule has 2 aliphatic rings. The molecule has 8 nitrogen and oxygen atoms in total. The lowest BCUT2D eigenvalue weighted by Gasteiger charge is -2.41. The lowest BCUT2D eigenvalue weighted by atomic mass is 9.90. The fourth-order valence-corrected chi connectivity index (χ4v) is 5.92. The molecule has 2 unspecified atom stereocenters. The van der Waals surface area contributed by atoms with Crippen molar-refractivity contribution < 1.29 is 4.74 Å². The van der Waals surface area contributed by atoms with E-state index in [0.29, 0.717) is 19.1 Å². The van der Waals surface area contributed by atoms with Crippen LogP contribution in [0.4, 0.5) is 0 Å². The maximum Gasteiger partial charge on any atom is 0.252 e. The summed E-state index contributed by atoms with van der Waals surface area (Å²) in [7, 11) is 0. The van der Waals surface area contributed by atoms with Crippen LogP contribution in [0.15, 0.2) is 29.1 Å². The number of fused-ring (bicyclic) bond motifs is 1. The molecular formula is C27H38N6O2. The third-order valence-electron chi connectivity index (χ3n) is 7.69. The summed E-state index contributed by atoms with van der Waals surface area (Å²) in [4.78, 5) is 18.8. The fourth-order valence-electron chi connectivity index (χ4n) is 5.92. The summed E-state index contributed by atoms with van der Waals surface area (Å²) in [6.07, 6.45) is 8.31. The van der Waals surface area contributed by atoms with E-state index in [9.17, 15) is 4.79 Å². The molecule has 1 aromatic carbocycles. The first-order valence-corrected chi connectivity index (χ1v) is 13.3. The van der Waals surface area contributed by atoms with Crippen LogP contribution >= 0.6 is 0 Å². The van der Waals surface area contributed by atoms with Crippen molar-refractivity contribution >= 4 is 10.9 Å². The second-order valence-electron chi connectivity index (χ2n) is 10.7. The Hall–Kier alpha value is -2.58. The Morgan fingerprint density at radius 1 is 1.14 bits per heavy atom. The van der Waals surface area contributed by atoms with E-state index in [2.05, 4.69) is 58.3 Å². The van der Waals surface area contributed by atoms with Crippen molar-refractivity contribution in [2.45, 2.75) is 97.0 Å². The zero-order valence-corrected chi connectivity index (χ0v) is 21.2. The molecule has 0 spiro atoms. The van der Waals surface area contributed by atoms with E-state index >= 15 is 0 Å². The molecule has 1 aliphatic carbocycles. The molecule has 1 aliphatic heterocycles. The van der Waals surface area contributed by atoms with E-state index in [-0.39, 0.29) is 23.6 Å². The van der Waals surface area contributed by atoms with Gasteiger partial charge in [-0.05, 0) is 72.5 Å². The zero-order chi connectivity index (χ0) is 24.4. The first kappa shape index (κ1) is 24.1. The number of ether oxygens (including phenoxy) is 1. The molecule has 1 saturated carbocycles. The number of nitrogens with one attached hydrogen (secondary N) is 1. The molecule has 2 aromatic heterocycles. The number of nitrogens with zero attached hydrogens (tertiary/aromatic N) is 5. The number of hydrogen-bond donors (Lipinski definition) is 1. The van der Waals surface area contributed by atoms with Crippen molar-refractivity contribution in [3.8, 4) is 0 Å². The molecule has 3 heterocycles. The van der Waals surface area contributed by atoms with E-state index in [1.54, 1.807) is 0 Å².